The van der Waals surface area contributed by atoms with Gasteiger partial charge < -0.3 is 5.32 Å². The van der Waals surface area contributed by atoms with Crippen molar-refractivity contribution in [3.63, 3.8) is 0 Å². The van der Waals surface area contributed by atoms with Gasteiger partial charge in [0.25, 0.3) is 0 Å². The molecular weight excluding hydrogens is 333 g/mol. The predicted octanol–water partition coefficient (Wildman–Crippen LogP) is 5.16. The lowest BCUT2D eigenvalue weighted by molar-refractivity contribution is 0.364. The van der Waals surface area contributed by atoms with Crippen LogP contribution in [-0.2, 0) is 0 Å². The average Bonchev–Trinajstić information content (AvgIpc) is 2.40. The molecule has 0 saturated heterocycles. The molecule has 1 N–H and O–H groups in total. The normalized spacial score (nSPS) is 14.4. The second-order valence-corrected chi connectivity index (χ2v) is 6.18. The van der Waals surface area contributed by atoms with E-state index < -0.39 is 0 Å². The van der Waals surface area contributed by atoms with Crippen LogP contribution in [0.2, 0.25) is 0 Å². The van der Waals surface area contributed by atoms with Gasteiger partial charge in [-0.05, 0) is 53.6 Å². The van der Waals surface area contributed by atoms with Crippen LogP contribution < -0.4 is 5.32 Å². The smallest absolute Gasteiger partial charge is 0.0330 e. The maximum atomic E-state index is 3.50. The zero-order valence-corrected chi connectivity index (χ0v) is 14.0. The molecule has 0 heterocycles. The Labute approximate surface area is 126 Å². The summed E-state index contributed by atoms with van der Waals surface area (Å²) >= 11 is 2.45. The lowest BCUT2D eigenvalue weighted by Gasteiger charge is -2.23. The largest absolute Gasteiger partial charge is 0.313 e. The highest BCUT2D eigenvalue weighted by molar-refractivity contribution is 14.1. The summed E-state index contributed by atoms with van der Waals surface area (Å²) in [5.74, 6) is 0.846. The summed E-state index contributed by atoms with van der Waals surface area (Å²) in [6.07, 6.45) is 6.59. The van der Waals surface area contributed by atoms with Gasteiger partial charge in [0, 0.05) is 9.61 Å². The average molecular weight is 359 g/mol. The van der Waals surface area contributed by atoms with Crippen LogP contribution in [-0.4, -0.2) is 7.05 Å². The summed E-state index contributed by atoms with van der Waals surface area (Å²) in [7, 11) is 2.08. The van der Waals surface area contributed by atoms with E-state index in [1.54, 1.807) is 0 Å². The van der Waals surface area contributed by atoms with Crippen molar-refractivity contribution in [1.82, 2.24) is 5.32 Å². The highest BCUT2D eigenvalue weighted by Gasteiger charge is 2.17. The van der Waals surface area contributed by atoms with Gasteiger partial charge in [0.05, 0.1) is 0 Å². The minimum Gasteiger partial charge on any atom is -0.313 e. The van der Waals surface area contributed by atoms with Crippen molar-refractivity contribution < 1.29 is 0 Å². The van der Waals surface area contributed by atoms with Gasteiger partial charge in [-0.2, -0.15) is 0 Å². The van der Waals surface area contributed by atoms with Gasteiger partial charge in [0.2, 0.25) is 0 Å². The molecule has 1 aromatic rings. The van der Waals surface area contributed by atoms with Gasteiger partial charge in [-0.3, -0.25) is 0 Å². The van der Waals surface area contributed by atoms with Crippen LogP contribution in [0.4, 0.5) is 0 Å². The third kappa shape index (κ3) is 4.88. The summed E-state index contributed by atoms with van der Waals surface area (Å²) in [6, 6.07) is 9.23. The monoisotopic (exact) mass is 359 g/mol. The van der Waals surface area contributed by atoms with Crippen LogP contribution in [0.3, 0.4) is 0 Å². The Morgan fingerprint density at radius 3 is 2.50 bits per heavy atom. The van der Waals surface area contributed by atoms with Crippen molar-refractivity contribution in [3.05, 3.63) is 33.4 Å². The lowest BCUT2D eigenvalue weighted by Crippen LogP contribution is -2.20. The van der Waals surface area contributed by atoms with E-state index >= 15 is 0 Å². The molecule has 1 aromatic carbocycles. The van der Waals surface area contributed by atoms with Crippen LogP contribution in [0.5, 0.6) is 0 Å². The molecule has 0 aliphatic rings. The van der Waals surface area contributed by atoms with E-state index in [0.717, 1.165) is 5.92 Å². The molecule has 102 valence electrons. The molecular formula is C16H26IN. The molecule has 0 amide bonds. The standard InChI is InChI=1S/C16H26IN/c1-4-6-9-13(5-2)12-16(18-3)14-10-7-8-11-15(14)17/h7-8,10-11,13,16,18H,4-6,9,12H2,1-3H3. The Kier molecular flexibility index (Phi) is 7.91. The molecule has 2 heteroatoms. The van der Waals surface area contributed by atoms with Crippen LogP contribution in [0.1, 0.15) is 57.6 Å². The van der Waals surface area contributed by atoms with E-state index in [-0.39, 0.29) is 0 Å². The van der Waals surface area contributed by atoms with Crippen molar-refractivity contribution in [3.8, 4) is 0 Å². The van der Waals surface area contributed by atoms with Gasteiger partial charge in [-0.25, -0.2) is 0 Å². The zero-order chi connectivity index (χ0) is 13.4. The Bertz CT molecular complexity index is 338. The highest BCUT2D eigenvalue weighted by atomic mass is 127. The van der Waals surface area contributed by atoms with E-state index in [9.17, 15) is 0 Å². The first-order valence-corrected chi connectivity index (χ1v) is 8.22. The minimum atomic E-state index is 0.500. The maximum Gasteiger partial charge on any atom is 0.0330 e. The Hall–Kier alpha value is -0.0900. The first kappa shape index (κ1) is 16.0. The molecule has 0 spiro atoms. The lowest BCUT2D eigenvalue weighted by atomic mass is 9.89. The summed E-state index contributed by atoms with van der Waals surface area (Å²) < 4.78 is 1.37. The van der Waals surface area contributed by atoms with Crippen LogP contribution in [0.25, 0.3) is 0 Å². The maximum absolute atomic E-state index is 3.50. The molecule has 18 heavy (non-hydrogen) atoms. The quantitative estimate of drug-likeness (QED) is 0.633. The van der Waals surface area contributed by atoms with Gasteiger partial charge in [-0.15, -0.1) is 0 Å². The van der Waals surface area contributed by atoms with E-state index in [1.807, 2.05) is 0 Å². The predicted molar refractivity (Wildman–Crippen MR) is 88.9 cm³/mol. The first-order valence-electron chi connectivity index (χ1n) is 7.14. The van der Waals surface area contributed by atoms with Crippen LogP contribution >= 0.6 is 22.6 Å². The topological polar surface area (TPSA) is 12.0 Å². The molecule has 0 aromatic heterocycles. The van der Waals surface area contributed by atoms with Crippen LogP contribution in [0, 0.1) is 9.49 Å². The summed E-state index contributed by atoms with van der Waals surface area (Å²) in [5.41, 5.74) is 1.45. The van der Waals surface area contributed by atoms with Crippen molar-refractivity contribution in [1.29, 1.82) is 0 Å². The molecule has 0 aliphatic carbocycles. The van der Waals surface area contributed by atoms with E-state index in [0.29, 0.717) is 6.04 Å². The van der Waals surface area contributed by atoms with Gasteiger partial charge in [-0.1, -0.05) is 57.7 Å². The number of benzene rings is 1. The van der Waals surface area contributed by atoms with E-state index in [2.05, 4.69) is 73.1 Å². The number of hydrogen-bond donors (Lipinski definition) is 1. The fourth-order valence-corrected chi connectivity index (χ4v) is 3.24. The Balaban J connectivity index is 2.68. The summed E-state index contributed by atoms with van der Waals surface area (Å²) in [6.45, 7) is 4.60. The molecule has 0 bridgehead atoms. The fraction of sp³-hybridized carbons (Fsp3) is 0.625. The number of unbranched alkanes of at least 4 members (excludes halogenated alkanes) is 1. The molecule has 1 rings (SSSR count). The third-order valence-electron chi connectivity index (χ3n) is 3.74. The second-order valence-electron chi connectivity index (χ2n) is 5.01. The van der Waals surface area contributed by atoms with Crippen molar-refractivity contribution in [2.75, 3.05) is 7.05 Å². The Morgan fingerprint density at radius 1 is 1.22 bits per heavy atom. The SMILES string of the molecule is CCCCC(CC)CC(NC)c1ccccc1I. The van der Waals surface area contributed by atoms with Crippen molar-refractivity contribution in [2.45, 2.75) is 52.0 Å². The summed E-state index contributed by atoms with van der Waals surface area (Å²) in [4.78, 5) is 0. The fourth-order valence-electron chi connectivity index (χ4n) is 2.47. The number of halogens is 1. The molecule has 1 nitrogen and oxygen atoms in total. The van der Waals surface area contributed by atoms with Gasteiger partial charge >= 0.3 is 0 Å². The molecule has 2 unspecified atom stereocenters. The van der Waals surface area contributed by atoms with Crippen LogP contribution in [0.15, 0.2) is 24.3 Å². The second kappa shape index (κ2) is 8.92. The minimum absolute atomic E-state index is 0.500. The van der Waals surface area contributed by atoms with E-state index in [1.165, 1.54) is 41.2 Å². The van der Waals surface area contributed by atoms with E-state index in [4.69, 9.17) is 0 Å². The molecule has 0 saturated carbocycles. The van der Waals surface area contributed by atoms with Crippen molar-refractivity contribution in [2.24, 2.45) is 5.92 Å². The summed E-state index contributed by atoms with van der Waals surface area (Å²) in [5, 5.41) is 3.50. The third-order valence-corrected chi connectivity index (χ3v) is 4.72. The number of nitrogens with one attached hydrogen (secondary N) is 1. The molecule has 2 atom stereocenters. The molecule has 0 aliphatic heterocycles. The van der Waals surface area contributed by atoms with Gasteiger partial charge in [0.15, 0.2) is 0 Å². The molecule has 0 radical (unpaired) electrons. The highest BCUT2D eigenvalue weighted by Crippen LogP contribution is 2.28. The zero-order valence-electron chi connectivity index (χ0n) is 11.9. The number of rotatable bonds is 8. The Morgan fingerprint density at radius 2 is 1.94 bits per heavy atom. The number of hydrogen-bond acceptors (Lipinski definition) is 1. The first-order chi connectivity index (χ1) is 8.72. The van der Waals surface area contributed by atoms with Gasteiger partial charge in [0.1, 0.15) is 0 Å². The molecule has 0 fully saturated rings. The van der Waals surface area contributed by atoms with Crippen molar-refractivity contribution >= 4 is 22.6 Å².